The molecule has 0 spiro atoms. The van der Waals surface area contributed by atoms with Gasteiger partial charge in [0.15, 0.2) is 0 Å². The number of ether oxygens (including phenoxy) is 1. The maximum atomic E-state index is 12.8. The third-order valence-electron chi connectivity index (χ3n) is 3.55. The summed E-state index contributed by atoms with van der Waals surface area (Å²) in [6.45, 7) is 0.416. The molecular weight excluding hydrogens is 269 g/mol. The van der Waals surface area contributed by atoms with Crippen LogP contribution in [-0.4, -0.2) is 26.4 Å². The molecule has 0 saturated carbocycles. The van der Waals surface area contributed by atoms with E-state index in [1.165, 1.54) is 7.11 Å². The molecule has 1 heterocycles. The molecule has 1 aromatic rings. The van der Waals surface area contributed by atoms with Gasteiger partial charge in [-0.3, -0.25) is 0 Å². The number of halogens is 3. The zero-order chi connectivity index (χ0) is 14.8. The van der Waals surface area contributed by atoms with Crippen molar-refractivity contribution in [3.8, 4) is 11.8 Å². The van der Waals surface area contributed by atoms with Gasteiger partial charge in [-0.1, -0.05) is 0 Å². The Labute approximate surface area is 115 Å². The number of methoxy groups -OCH3 is 1. The van der Waals surface area contributed by atoms with Crippen molar-refractivity contribution >= 4 is 5.69 Å². The standard InChI is InChI=1S/C14H15F3N2O/c1-20-12-5-4-10(8-18)13(7-12)19-6-2-3-11(9-19)14(15,16)17/h4-5,7,11H,2-3,6,9H2,1H3. The molecule has 1 fully saturated rings. The number of hydrogen-bond donors (Lipinski definition) is 0. The van der Waals surface area contributed by atoms with Gasteiger partial charge in [-0.2, -0.15) is 18.4 Å². The van der Waals surface area contributed by atoms with Crippen LogP contribution in [0.15, 0.2) is 18.2 Å². The van der Waals surface area contributed by atoms with Gasteiger partial charge >= 0.3 is 6.18 Å². The summed E-state index contributed by atoms with van der Waals surface area (Å²) in [4.78, 5) is 1.63. The van der Waals surface area contributed by atoms with Crippen LogP contribution in [-0.2, 0) is 0 Å². The van der Waals surface area contributed by atoms with Gasteiger partial charge in [0.1, 0.15) is 11.8 Å². The van der Waals surface area contributed by atoms with Gasteiger partial charge in [0.25, 0.3) is 0 Å². The molecule has 0 radical (unpaired) electrons. The molecule has 1 aromatic carbocycles. The number of anilines is 1. The summed E-state index contributed by atoms with van der Waals surface area (Å²) in [5.41, 5.74) is 0.884. The monoisotopic (exact) mass is 284 g/mol. The van der Waals surface area contributed by atoms with Gasteiger partial charge < -0.3 is 9.64 Å². The predicted molar refractivity (Wildman–Crippen MR) is 68.7 cm³/mol. The second-order valence-electron chi connectivity index (χ2n) is 4.82. The first kappa shape index (κ1) is 14.5. The van der Waals surface area contributed by atoms with Crippen LogP contribution < -0.4 is 9.64 Å². The number of nitriles is 1. The van der Waals surface area contributed by atoms with E-state index in [2.05, 4.69) is 0 Å². The number of benzene rings is 1. The number of nitrogens with zero attached hydrogens (tertiary/aromatic N) is 2. The van der Waals surface area contributed by atoms with E-state index in [0.717, 1.165) is 0 Å². The lowest BCUT2D eigenvalue weighted by atomic mass is 9.96. The van der Waals surface area contributed by atoms with E-state index in [9.17, 15) is 13.2 Å². The first-order chi connectivity index (χ1) is 9.45. The highest BCUT2D eigenvalue weighted by Gasteiger charge is 2.42. The van der Waals surface area contributed by atoms with Gasteiger partial charge in [0, 0.05) is 19.2 Å². The average Bonchev–Trinajstić information content (AvgIpc) is 2.45. The number of rotatable bonds is 2. The maximum Gasteiger partial charge on any atom is 0.393 e. The maximum absolute atomic E-state index is 12.8. The molecule has 1 aliphatic heterocycles. The quantitative estimate of drug-likeness (QED) is 0.835. The third kappa shape index (κ3) is 2.98. The van der Waals surface area contributed by atoms with E-state index in [-0.39, 0.29) is 13.0 Å². The van der Waals surface area contributed by atoms with E-state index in [1.54, 1.807) is 23.1 Å². The lowest BCUT2D eigenvalue weighted by Crippen LogP contribution is -2.42. The fourth-order valence-corrected chi connectivity index (χ4v) is 2.46. The molecular formula is C14H15F3N2O. The van der Waals surface area contributed by atoms with Gasteiger partial charge in [0.2, 0.25) is 0 Å². The first-order valence-electron chi connectivity index (χ1n) is 6.35. The summed E-state index contributed by atoms with van der Waals surface area (Å²) in [6, 6.07) is 6.85. The first-order valence-corrected chi connectivity index (χ1v) is 6.35. The Balaban J connectivity index is 2.29. The van der Waals surface area contributed by atoms with Crippen LogP contribution in [0, 0.1) is 17.2 Å². The van der Waals surface area contributed by atoms with Crippen molar-refractivity contribution in [3.63, 3.8) is 0 Å². The predicted octanol–water partition coefficient (Wildman–Crippen LogP) is 3.35. The van der Waals surface area contributed by atoms with Gasteiger partial charge in [0.05, 0.1) is 24.3 Å². The van der Waals surface area contributed by atoms with Crippen LogP contribution in [0.25, 0.3) is 0 Å². The lowest BCUT2D eigenvalue weighted by molar-refractivity contribution is -0.175. The summed E-state index contributed by atoms with van der Waals surface area (Å²) >= 11 is 0. The van der Waals surface area contributed by atoms with Crippen LogP contribution in [0.4, 0.5) is 18.9 Å². The van der Waals surface area contributed by atoms with E-state index in [1.807, 2.05) is 6.07 Å². The Hall–Kier alpha value is -1.90. The zero-order valence-electron chi connectivity index (χ0n) is 11.1. The summed E-state index contributed by atoms with van der Waals surface area (Å²) in [6.07, 6.45) is -3.58. The SMILES string of the molecule is COc1ccc(C#N)c(N2CCCC(C(F)(F)F)C2)c1. The van der Waals surface area contributed by atoms with Crippen molar-refractivity contribution in [3.05, 3.63) is 23.8 Å². The van der Waals surface area contributed by atoms with Gasteiger partial charge in [-0.25, -0.2) is 0 Å². The van der Waals surface area contributed by atoms with Crippen LogP contribution in [0.1, 0.15) is 18.4 Å². The molecule has 20 heavy (non-hydrogen) atoms. The molecule has 0 aliphatic carbocycles. The van der Waals surface area contributed by atoms with Crippen LogP contribution >= 0.6 is 0 Å². The highest BCUT2D eigenvalue weighted by Crippen LogP contribution is 2.36. The van der Waals surface area contributed by atoms with Gasteiger partial charge in [-0.05, 0) is 25.0 Å². The molecule has 108 valence electrons. The topological polar surface area (TPSA) is 36.3 Å². The molecule has 0 aromatic heterocycles. The minimum Gasteiger partial charge on any atom is -0.497 e. The highest BCUT2D eigenvalue weighted by molar-refractivity contribution is 5.62. The van der Waals surface area contributed by atoms with E-state index < -0.39 is 12.1 Å². The van der Waals surface area contributed by atoms with E-state index >= 15 is 0 Å². The van der Waals surface area contributed by atoms with Crippen molar-refractivity contribution in [2.75, 3.05) is 25.1 Å². The minimum atomic E-state index is -4.19. The summed E-state index contributed by atoms with van der Waals surface area (Å²) in [7, 11) is 1.49. The fourth-order valence-electron chi connectivity index (χ4n) is 2.46. The molecule has 0 bridgehead atoms. The smallest absolute Gasteiger partial charge is 0.393 e. The molecule has 1 unspecified atom stereocenters. The molecule has 0 amide bonds. The van der Waals surface area contributed by atoms with Crippen LogP contribution in [0.5, 0.6) is 5.75 Å². The van der Waals surface area contributed by atoms with E-state index in [4.69, 9.17) is 10.00 Å². The second-order valence-corrected chi connectivity index (χ2v) is 4.82. The second kappa shape index (κ2) is 5.61. The third-order valence-corrected chi connectivity index (χ3v) is 3.55. The molecule has 6 heteroatoms. The Morgan fingerprint density at radius 2 is 2.15 bits per heavy atom. The zero-order valence-corrected chi connectivity index (χ0v) is 11.1. The van der Waals surface area contributed by atoms with Crippen molar-refractivity contribution in [2.24, 2.45) is 5.92 Å². The van der Waals surface area contributed by atoms with Crippen LogP contribution in [0.3, 0.4) is 0 Å². The summed E-state index contributed by atoms with van der Waals surface area (Å²) < 4.78 is 43.6. The van der Waals surface area contributed by atoms with Crippen molar-refractivity contribution < 1.29 is 17.9 Å². The normalized spacial score (nSPS) is 19.6. The molecule has 1 atom stereocenters. The largest absolute Gasteiger partial charge is 0.497 e. The fraction of sp³-hybridized carbons (Fsp3) is 0.500. The molecule has 2 rings (SSSR count). The lowest BCUT2D eigenvalue weighted by Gasteiger charge is -2.35. The van der Waals surface area contributed by atoms with Crippen molar-refractivity contribution in [1.29, 1.82) is 5.26 Å². The molecule has 1 saturated heterocycles. The van der Waals surface area contributed by atoms with Crippen molar-refractivity contribution in [1.82, 2.24) is 0 Å². The summed E-state index contributed by atoms with van der Waals surface area (Å²) in [5.74, 6) is -0.804. The average molecular weight is 284 g/mol. The number of alkyl halides is 3. The minimum absolute atomic E-state index is 0.106. The van der Waals surface area contributed by atoms with Gasteiger partial charge in [-0.15, -0.1) is 0 Å². The Kier molecular flexibility index (Phi) is 4.07. The molecule has 3 nitrogen and oxygen atoms in total. The Bertz CT molecular complexity index is 522. The van der Waals surface area contributed by atoms with Crippen LogP contribution in [0.2, 0.25) is 0 Å². The number of piperidine rings is 1. The Morgan fingerprint density at radius 3 is 2.75 bits per heavy atom. The summed E-state index contributed by atoms with van der Waals surface area (Å²) in [5, 5.41) is 9.10. The van der Waals surface area contributed by atoms with E-state index in [0.29, 0.717) is 30.0 Å². The molecule has 1 aliphatic rings. The Morgan fingerprint density at radius 1 is 1.40 bits per heavy atom. The van der Waals surface area contributed by atoms with Crippen molar-refractivity contribution in [2.45, 2.75) is 19.0 Å². The number of hydrogen-bond acceptors (Lipinski definition) is 3. The molecule has 0 N–H and O–H groups in total. The highest BCUT2D eigenvalue weighted by atomic mass is 19.4.